The number of amides is 3. The third kappa shape index (κ3) is 5.85. The van der Waals surface area contributed by atoms with Crippen molar-refractivity contribution in [2.24, 2.45) is 5.92 Å². The van der Waals surface area contributed by atoms with Crippen LogP contribution < -0.4 is 20.9 Å². The van der Waals surface area contributed by atoms with Crippen molar-refractivity contribution in [3.05, 3.63) is 24.3 Å². The van der Waals surface area contributed by atoms with Crippen molar-refractivity contribution < 1.29 is 9.59 Å². The predicted molar refractivity (Wildman–Crippen MR) is 108 cm³/mol. The van der Waals surface area contributed by atoms with Crippen LogP contribution in [0.15, 0.2) is 24.3 Å². The number of imide groups is 1. The van der Waals surface area contributed by atoms with E-state index in [-0.39, 0.29) is 5.91 Å². The van der Waals surface area contributed by atoms with E-state index >= 15 is 0 Å². The van der Waals surface area contributed by atoms with Gasteiger partial charge in [0.15, 0.2) is 0 Å². The number of urea groups is 1. The molecule has 1 heterocycles. The van der Waals surface area contributed by atoms with Crippen LogP contribution in [0.1, 0.15) is 26.7 Å². The molecule has 3 amide bonds. The zero-order chi connectivity index (χ0) is 19.2. The molecule has 1 unspecified atom stereocenters. The van der Waals surface area contributed by atoms with Gasteiger partial charge in [0.1, 0.15) is 6.04 Å². The number of carbonyl (C=O) groups is 2. The Morgan fingerprint density at radius 3 is 2.59 bits per heavy atom. The highest BCUT2D eigenvalue weighted by Gasteiger charge is 2.26. The predicted octanol–water partition coefficient (Wildman–Crippen LogP) is 1.86. The van der Waals surface area contributed by atoms with E-state index in [1.807, 2.05) is 19.1 Å². The van der Waals surface area contributed by atoms with Gasteiger partial charge in [-0.2, -0.15) is 0 Å². The Kier molecular flexibility index (Phi) is 6.55. The second kappa shape index (κ2) is 9.08. The molecule has 1 atom stereocenters. The first-order valence-corrected chi connectivity index (χ1v) is 9.97. The lowest BCUT2D eigenvalue weighted by molar-refractivity contribution is -0.120. The molecular formula is C20H31N5O2. The van der Waals surface area contributed by atoms with Gasteiger partial charge in [0.05, 0.1) is 0 Å². The number of piperazine rings is 1. The Labute approximate surface area is 161 Å². The molecule has 0 bridgehead atoms. The quantitative estimate of drug-likeness (QED) is 0.680. The topological polar surface area (TPSA) is 76.7 Å². The summed E-state index contributed by atoms with van der Waals surface area (Å²) in [7, 11) is 0. The van der Waals surface area contributed by atoms with Gasteiger partial charge >= 0.3 is 6.03 Å². The lowest BCUT2D eigenvalue weighted by Gasteiger charge is -2.36. The molecule has 1 aromatic rings. The van der Waals surface area contributed by atoms with Crippen molar-refractivity contribution >= 4 is 23.3 Å². The maximum absolute atomic E-state index is 12.1. The molecule has 1 saturated heterocycles. The molecule has 1 aromatic carbocycles. The summed E-state index contributed by atoms with van der Waals surface area (Å²) in [5, 5.41) is 8.08. The van der Waals surface area contributed by atoms with Crippen LogP contribution in [-0.2, 0) is 4.79 Å². The molecule has 2 aliphatic rings. The molecule has 0 spiro atoms. The number of hydrogen-bond acceptors (Lipinski definition) is 5. The van der Waals surface area contributed by atoms with Gasteiger partial charge in [-0.25, -0.2) is 4.79 Å². The largest absolute Gasteiger partial charge is 0.374 e. The third-order valence-corrected chi connectivity index (χ3v) is 5.15. The summed E-state index contributed by atoms with van der Waals surface area (Å²) >= 11 is 0. The van der Waals surface area contributed by atoms with Crippen LogP contribution in [0.3, 0.4) is 0 Å². The van der Waals surface area contributed by atoms with E-state index in [1.165, 1.54) is 25.1 Å². The van der Waals surface area contributed by atoms with Gasteiger partial charge in [-0.3, -0.25) is 15.0 Å². The number of anilines is 2. The van der Waals surface area contributed by atoms with Crippen molar-refractivity contribution in [2.45, 2.75) is 32.7 Å². The first-order chi connectivity index (χ1) is 13.0. The SMILES string of the molecule is CCNC(=O)NC(=O)C(C)Nc1cccc(N2CCN(CC3CC3)CC2)c1. The number of benzene rings is 1. The van der Waals surface area contributed by atoms with Crippen molar-refractivity contribution in [2.75, 3.05) is 49.5 Å². The smallest absolute Gasteiger partial charge is 0.321 e. The molecule has 148 valence electrons. The van der Waals surface area contributed by atoms with Crippen LogP contribution >= 0.6 is 0 Å². The van der Waals surface area contributed by atoms with E-state index in [1.54, 1.807) is 6.92 Å². The Hall–Kier alpha value is -2.28. The Balaban J connectivity index is 1.51. The van der Waals surface area contributed by atoms with Crippen molar-refractivity contribution in [1.82, 2.24) is 15.5 Å². The van der Waals surface area contributed by atoms with Gasteiger partial charge in [0, 0.05) is 50.6 Å². The van der Waals surface area contributed by atoms with Crippen LogP contribution in [0.4, 0.5) is 16.2 Å². The van der Waals surface area contributed by atoms with Gasteiger partial charge in [0.25, 0.3) is 0 Å². The van der Waals surface area contributed by atoms with Crippen LogP contribution in [0.25, 0.3) is 0 Å². The number of nitrogens with one attached hydrogen (secondary N) is 3. The first kappa shape index (κ1) is 19.5. The van der Waals surface area contributed by atoms with Crippen molar-refractivity contribution in [3.63, 3.8) is 0 Å². The maximum atomic E-state index is 12.1. The lowest BCUT2D eigenvalue weighted by atomic mass is 10.2. The minimum absolute atomic E-state index is 0.347. The summed E-state index contributed by atoms with van der Waals surface area (Å²) in [4.78, 5) is 28.6. The summed E-state index contributed by atoms with van der Waals surface area (Å²) in [6, 6.07) is 7.17. The second-order valence-electron chi connectivity index (χ2n) is 7.50. The molecule has 1 aliphatic carbocycles. The minimum Gasteiger partial charge on any atom is -0.374 e. The molecule has 3 rings (SSSR count). The highest BCUT2D eigenvalue weighted by Crippen LogP contribution is 2.30. The number of nitrogens with zero attached hydrogens (tertiary/aromatic N) is 2. The third-order valence-electron chi connectivity index (χ3n) is 5.15. The standard InChI is InChI=1S/C20H31N5O2/c1-3-21-20(27)23-19(26)15(2)22-17-5-4-6-18(13-17)25-11-9-24(10-12-25)14-16-7-8-16/h4-6,13,15-16,22H,3,7-12,14H2,1-2H3,(H2,21,23,26,27). The molecule has 7 nitrogen and oxygen atoms in total. The summed E-state index contributed by atoms with van der Waals surface area (Å²) in [5.74, 6) is 0.594. The van der Waals surface area contributed by atoms with Crippen LogP contribution in [-0.4, -0.2) is 62.1 Å². The summed E-state index contributed by atoms with van der Waals surface area (Å²) < 4.78 is 0. The zero-order valence-corrected chi connectivity index (χ0v) is 16.3. The fraction of sp³-hybridized carbons (Fsp3) is 0.600. The van der Waals surface area contributed by atoms with Gasteiger partial charge in [-0.1, -0.05) is 6.07 Å². The fourth-order valence-electron chi connectivity index (χ4n) is 3.39. The van der Waals surface area contributed by atoms with E-state index in [9.17, 15) is 9.59 Å². The molecule has 7 heteroatoms. The monoisotopic (exact) mass is 373 g/mol. The van der Waals surface area contributed by atoms with E-state index < -0.39 is 12.1 Å². The van der Waals surface area contributed by atoms with Crippen LogP contribution in [0, 0.1) is 5.92 Å². The second-order valence-corrected chi connectivity index (χ2v) is 7.50. The summed E-state index contributed by atoms with van der Waals surface area (Å²) in [6.45, 7) is 9.58. The van der Waals surface area contributed by atoms with E-state index in [0.717, 1.165) is 37.8 Å². The molecule has 1 saturated carbocycles. The molecule has 2 fully saturated rings. The lowest BCUT2D eigenvalue weighted by Crippen LogP contribution is -2.47. The Morgan fingerprint density at radius 1 is 1.19 bits per heavy atom. The summed E-state index contributed by atoms with van der Waals surface area (Å²) in [5.41, 5.74) is 2.05. The molecule has 3 N–H and O–H groups in total. The number of hydrogen-bond donors (Lipinski definition) is 3. The van der Waals surface area contributed by atoms with Gasteiger partial charge in [-0.15, -0.1) is 0 Å². The highest BCUT2D eigenvalue weighted by molar-refractivity contribution is 5.98. The Morgan fingerprint density at radius 2 is 1.93 bits per heavy atom. The minimum atomic E-state index is -0.502. The Bertz CT molecular complexity index is 654. The van der Waals surface area contributed by atoms with Gasteiger partial charge < -0.3 is 15.5 Å². The summed E-state index contributed by atoms with van der Waals surface area (Å²) in [6.07, 6.45) is 2.81. The van der Waals surface area contributed by atoms with Crippen LogP contribution in [0.5, 0.6) is 0 Å². The van der Waals surface area contributed by atoms with Gasteiger partial charge in [0.2, 0.25) is 5.91 Å². The average Bonchev–Trinajstić information content (AvgIpc) is 3.46. The van der Waals surface area contributed by atoms with E-state index in [4.69, 9.17) is 0 Å². The molecule has 0 aromatic heterocycles. The van der Waals surface area contributed by atoms with Crippen molar-refractivity contribution in [3.8, 4) is 0 Å². The molecule has 27 heavy (non-hydrogen) atoms. The normalized spacial score (nSPS) is 18.7. The zero-order valence-electron chi connectivity index (χ0n) is 16.3. The first-order valence-electron chi connectivity index (χ1n) is 9.97. The molecular weight excluding hydrogens is 342 g/mol. The van der Waals surface area contributed by atoms with E-state index in [0.29, 0.717) is 6.54 Å². The fourth-order valence-corrected chi connectivity index (χ4v) is 3.39. The van der Waals surface area contributed by atoms with E-state index in [2.05, 4.69) is 37.9 Å². The van der Waals surface area contributed by atoms with Gasteiger partial charge in [-0.05, 0) is 50.8 Å². The number of rotatable bonds is 7. The maximum Gasteiger partial charge on any atom is 0.321 e. The molecule has 1 aliphatic heterocycles. The molecule has 0 radical (unpaired) electrons. The highest BCUT2D eigenvalue weighted by atomic mass is 16.2. The van der Waals surface area contributed by atoms with Crippen LogP contribution in [0.2, 0.25) is 0 Å². The average molecular weight is 374 g/mol. The number of carbonyl (C=O) groups excluding carboxylic acids is 2. The van der Waals surface area contributed by atoms with Crippen molar-refractivity contribution in [1.29, 1.82) is 0 Å².